The van der Waals surface area contributed by atoms with Gasteiger partial charge < -0.3 is 10.1 Å². The van der Waals surface area contributed by atoms with Gasteiger partial charge in [-0.3, -0.25) is 9.88 Å². The van der Waals surface area contributed by atoms with E-state index in [0.717, 1.165) is 44.0 Å². The van der Waals surface area contributed by atoms with Crippen molar-refractivity contribution in [1.82, 2.24) is 15.2 Å². The Hall–Kier alpha value is -1.91. The molecule has 2 aromatic rings. The molecule has 0 aliphatic carbocycles. The summed E-state index contributed by atoms with van der Waals surface area (Å²) in [4.78, 5) is 7.05. The van der Waals surface area contributed by atoms with Crippen molar-refractivity contribution in [3.05, 3.63) is 59.9 Å². The van der Waals surface area contributed by atoms with Crippen LogP contribution in [0.1, 0.15) is 17.3 Å². The van der Waals surface area contributed by atoms with Gasteiger partial charge in [0.15, 0.2) is 0 Å². The smallest absolute Gasteiger partial charge is 0.118 e. The summed E-state index contributed by atoms with van der Waals surface area (Å²) < 4.78 is 5.28. The number of hydrogen-bond donors (Lipinski definition) is 1. The van der Waals surface area contributed by atoms with Crippen LogP contribution < -0.4 is 10.1 Å². The minimum Gasteiger partial charge on any atom is -0.497 e. The number of methoxy groups -OCH3 is 1. The Morgan fingerprint density at radius 1 is 1.14 bits per heavy atom. The Morgan fingerprint density at radius 3 is 2.55 bits per heavy atom. The summed E-state index contributed by atoms with van der Waals surface area (Å²) >= 11 is 0. The third kappa shape index (κ3) is 3.64. The fraction of sp³-hybridized carbons (Fsp3) is 0.389. The Morgan fingerprint density at radius 2 is 1.91 bits per heavy atom. The topological polar surface area (TPSA) is 37.4 Å². The van der Waals surface area contributed by atoms with Crippen LogP contribution in [0.25, 0.3) is 0 Å². The highest BCUT2D eigenvalue weighted by Gasteiger charge is 2.22. The molecule has 1 unspecified atom stereocenters. The van der Waals surface area contributed by atoms with E-state index in [1.807, 2.05) is 24.4 Å². The SMILES string of the molecule is COc1ccc(C(Cc2ccccn2)N2CCNCC2)cc1. The van der Waals surface area contributed by atoms with Crippen LogP contribution in [0.4, 0.5) is 0 Å². The Bertz CT molecular complexity index is 565. The second kappa shape index (κ2) is 7.38. The average molecular weight is 297 g/mol. The van der Waals surface area contributed by atoms with Crippen LogP contribution in [-0.2, 0) is 6.42 Å². The van der Waals surface area contributed by atoms with Gasteiger partial charge in [0.1, 0.15) is 5.75 Å². The van der Waals surface area contributed by atoms with Crippen LogP contribution in [0.5, 0.6) is 5.75 Å². The van der Waals surface area contributed by atoms with E-state index in [4.69, 9.17) is 4.74 Å². The van der Waals surface area contributed by atoms with Crippen molar-refractivity contribution in [2.45, 2.75) is 12.5 Å². The molecule has 1 atom stereocenters. The molecule has 0 spiro atoms. The van der Waals surface area contributed by atoms with E-state index in [9.17, 15) is 0 Å². The lowest BCUT2D eigenvalue weighted by Crippen LogP contribution is -2.45. The molecular formula is C18H23N3O. The first-order valence-electron chi connectivity index (χ1n) is 7.85. The van der Waals surface area contributed by atoms with Crippen LogP contribution in [0, 0.1) is 0 Å². The lowest BCUT2D eigenvalue weighted by molar-refractivity contribution is 0.171. The van der Waals surface area contributed by atoms with Gasteiger partial charge in [-0.15, -0.1) is 0 Å². The van der Waals surface area contributed by atoms with Crippen molar-refractivity contribution < 1.29 is 4.74 Å². The maximum absolute atomic E-state index is 5.28. The van der Waals surface area contributed by atoms with Gasteiger partial charge in [-0.25, -0.2) is 0 Å². The van der Waals surface area contributed by atoms with Crippen LogP contribution in [0.15, 0.2) is 48.7 Å². The maximum Gasteiger partial charge on any atom is 0.118 e. The monoisotopic (exact) mass is 297 g/mol. The van der Waals surface area contributed by atoms with E-state index in [0.29, 0.717) is 6.04 Å². The normalized spacial score (nSPS) is 17.1. The summed E-state index contributed by atoms with van der Waals surface area (Å²) in [5.74, 6) is 0.903. The van der Waals surface area contributed by atoms with Gasteiger partial charge in [0.2, 0.25) is 0 Å². The summed E-state index contributed by atoms with van der Waals surface area (Å²) in [6, 6.07) is 14.9. The first kappa shape index (κ1) is 15.0. The van der Waals surface area contributed by atoms with Crippen molar-refractivity contribution in [2.24, 2.45) is 0 Å². The van der Waals surface area contributed by atoms with E-state index in [-0.39, 0.29) is 0 Å². The molecule has 22 heavy (non-hydrogen) atoms. The standard InChI is InChI=1S/C18H23N3O/c1-22-17-7-5-15(6-8-17)18(21-12-10-19-11-13-21)14-16-4-2-3-9-20-16/h2-9,18-19H,10-14H2,1H3. The summed E-state index contributed by atoms with van der Waals surface area (Å²) in [5, 5.41) is 3.43. The number of aromatic nitrogens is 1. The quantitative estimate of drug-likeness (QED) is 0.919. The van der Waals surface area contributed by atoms with E-state index in [2.05, 4.69) is 39.5 Å². The van der Waals surface area contributed by atoms with Gasteiger partial charge in [0.05, 0.1) is 7.11 Å². The summed E-state index contributed by atoms with van der Waals surface area (Å²) in [6.45, 7) is 4.25. The minimum absolute atomic E-state index is 0.364. The molecule has 1 fully saturated rings. The van der Waals surface area contributed by atoms with Gasteiger partial charge in [-0.1, -0.05) is 18.2 Å². The number of hydrogen-bond acceptors (Lipinski definition) is 4. The van der Waals surface area contributed by atoms with Gasteiger partial charge in [0.25, 0.3) is 0 Å². The highest BCUT2D eigenvalue weighted by Crippen LogP contribution is 2.26. The average Bonchev–Trinajstić information content (AvgIpc) is 2.61. The van der Waals surface area contributed by atoms with Gasteiger partial charge in [-0.05, 0) is 29.8 Å². The molecule has 1 saturated heterocycles. The van der Waals surface area contributed by atoms with E-state index in [1.54, 1.807) is 7.11 Å². The molecule has 0 radical (unpaired) electrons. The third-order valence-corrected chi connectivity index (χ3v) is 4.22. The molecule has 4 heteroatoms. The van der Waals surface area contributed by atoms with Crippen LogP contribution in [-0.4, -0.2) is 43.2 Å². The van der Waals surface area contributed by atoms with E-state index < -0.39 is 0 Å². The van der Waals surface area contributed by atoms with E-state index in [1.165, 1.54) is 5.56 Å². The molecule has 0 amide bonds. The Balaban J connectivity index is 1.83. The molecule has 116 valence electrons. The lowest BCUT2D eigenvalue weighted by Gasteiger charge is -2.35. The molecule has 2 heterocycles. The molecule has 1 aromatic carbocycles. The predicted octanol–water partition coefficient (Wildman–Crippen LogP) is 2.28. The zero-order chi connectivity index (χ0) is 15.2. The zero-order valence-electron chi connectivity index (χ0n) is 13.0. The fourth-order valence-electron chi connectivity index (χ4n) is 2.99. The molecule has 1 aromatic heterocycles. The number of pyridine rings is 1. The zero-order valence-corrected chi connectivity index (χ0v) is 13.0. The molecular weight excluding hydrogens is 274 g/mol. The number of piperazine rings is 1. The number of nitrogens with one attached hydrogen (secondary N) is 1. The molecule has 3 rings (SSSR count). The van der Waals surface area contributed by atoms with Crippen LogP contribution >= 0.6 is 0 Å². The number of ether oxygens (including phenoxy) is 1. The summed E-state index contributed by atoms with van der Waals surface area (Å²) in [6.07, 6.45) is 2.81. The van der Waals surface area contributed by atoms with Crippen molar-refractivity contribution in [3.8, 4) is 5.75 Å². The van der Waals surface area contributed by atoms with Crippen LogP contribution in [0.3, 0.4) is 0 Å². The van der Waals surface area contributed by atoms with Crippen molar-refractivity contribution in [2.75, 3.05) is 33.3 Å². The first-order chi connectivity index (χ1) is 10.9. The van der Waals surface area contributed by atoms with Gasteiger partial charge in [-0.2, -0.15) is 0 Å². The predicted molar refractivity (Wildman–Crippen MR) is 88.1 cm³/mol. The second-order valence-electron chi connectivity index (χ2n) is 5.60. The Kier molecular flexibility index (Phi) is 5.03. The molecule has 1 aliphatic heterocycles. The number of nitrogens with zero attached hydrogens (tertiary/aromatic N) is 2. The van der Waals surface area contributed by atoms with Crippen molar-refractivity contribution >= 4 is 0 Å². The van der Waals surface area contributed by atoms with Gasteiger partial charge in [0, 0.05) is 50.5 Å². The highest BCUT2D eigenvalue weighted by molar-refractivity contribution is 5.30. The number of rotatable bonds is 5. The fourth-order valence-corrected chi connectivity index (χ4v) is 2.99. The molecule has 1 aliphatic rings. The van der Waals surface area contributed by atoms with Crippen LogP contribution in [0.2, 0.25) is 0 Å². The summed E-state index contributed by atoms with van der Waals surface area (Å²) in [7, 11) is 1.71. The minimum atomic E-state index is 0.364. The van der Waals surface area contributed by atoms with Crippen molar-refractivity contribution in [1.29, 1.82) is 0 Å². The number of benzene rings is 1. The highest BCUT2D eigenvalue weighted by atomic mass is 16.5. The summed E-state index contributed by atoms with van der Waals surface area (Å²) in [5.41, 5.74) is 2.47. The maximum atomic E-state index is 5.28. The molecule has 0 bridgehead atoms. The molecule has 0 saturated carbocycles. The van der Waals surface area contributed by atoms with Gasteiger partial charge >= 0.3 is 0 Å². The van der Waals surface area contributed by atoms with E-state index >= 15 is 0 Å². The van der Waals surface area contributed by atoms with Crippen molar-refractivity contribution in [3.63, 3.8) is 0 Å². The third-order valence-electron chi connectivity index (χ3n) is 4.22. The Labute approximate surface area is 132 Å². The second-order valence-corrected chi connectivity index (χ2v) is 5.60. The largest absolute Gasteiger partial charge is 0.497 e. The molecule has 1 N–H and O–H groups in total. The first-order valence-corrected chi connectivity index (χ1v) is 7.85. The molecule has 4 nitrogen and oxygen atoms in total. The lowest BCUT2D eigenvalue weighted by atomic mass is 9.99.